The van der Waals surface area contributed by atoms with Gasteiger partial charge in [0.1, 0.15) is 0 Å². The molecule has 4 aromatic rings. The first-order valence-electron chi connectivity index (χ1n) is 16.2. The van der Waals surface area contributed by atoms with E-state index in [1.165, 1.54) is 36.4 Å². The molecule has 0 spiro atoms. The predicted octanol–water partition coefficient (Wildman–Crippen LogP) is 4.23. The normalized spacial score (nSPS) is 12.6. The Morgan fingerprint density at radius 1 is 0.386 bits per heavy atom. The first-order valence-corrected chi connectivity index (χ1v) is 16.2. The quantitative estimate of drug-likeness (QED) is 0.0699. The Morgan fingerprint density at radius 2 is 0.684 bits per heavy atom. The van der Waals surface area contributed by atoms with Crippen LogP contribution in [0.5, 0.6) is 23.0 Å². The monoisotopic (exact) mass is 774 g/mol. The van der Waals surface area contributed by atoms with E-state index >= 15 is 0 Å². The van der Waals surface area contributed by atoms with Gasteiger partial charge in [-0.25, -0.2) is 38.4 Å². The summed E-state index contributed by atoms with van der Waals surface area (Å²) in [6, 6.07) is 22.4. The summed E-state index contributed by atoms with van der Waals surface area (Å²) < 4.78 is 21.5. The fraction of sp³-hybridized carbons (Fsp3) is 0.0244. The highest BCUT2D eigenvalue weighted by molar-refractivity contribution is 5.95. The predicted molar refractivity (Wildman–Crippen MR) is 193 cm³/mol. The standard InChI is InChI=1S/C41H26O16/c42-33(43)13-17-37(50)54-29-11-9-23(21-31(29)56-39(52)19-15-35(46)47)41(27-7-3-1-5-25(27)26-6-2-4-8-28(26)41)24-10-12-30(55-38(51)18-14-34(44)45)32(22-24)57-40(53)20-16-36(48)49/h1-22H,(H,42,43)(H,44,45)(H,46,47)(H,48,49)/b17-13+,18-14+,19-15+,20-16+. The molecule has 5 rings (SSSR count). The molecular formula is C41H26O16. The molecule has 0 fully saturated rings. The number of benzene rings is 4. The van der Waals surface area contributed by atoms with Crippen LogP contribution in [-0.2, 0) is 43.8 Å². The lowest BCUT2D eigenvalue weighted by Gasteiger charge is -2.34. The molecule has 0 heterocycles. The Morgan fingerprint density at radius 3 is 1.00 bits per heavy atom. The molecule has 16 heteroatoms. The number of carboxylic acid groups (broad SMARTS) is 4. The average Bonchev–Trinajstić information content (AvgIpc) is 3.47. The summed E-state index contributed by atoms with van der Waals surface area (Å²) in [6.45, 7) is 0. The summed E-state index contributed by atoms with van der Waals surface area (Å²) in [5.74, 6) is -12.1. The van der Waals surface area contributed by atoms with E-state index in [1.807, 2.05) is 12.1 Å². The molecule has 16 nitrogen and oxygen atoms in total. The molecule has 0 unspecified atom stereocenters. The van der Waals surface area contributed by atoms with Crippen molar-refractivity contribution in [3.05, 3.63) is 156 Å². The lowest BCUT2D eigenvalue weighted by atomic mass is 9.67. The van der Waals surface area contributed by atoms with E-state index in [0.29, 0.717) is 70.9 Å². The van der Waals surface area contributed by atoms with Crippen molar-refractivity contribution in [1.29, 1.82) is 0 Å². The number of aliphatic carboxylic acids is 4. The number of hydrogen-bond acceptors (Lipinski definition) is 12. The van der Waals surface area contributed by atoms with E-state index in [4.69, 9.17) is 39.4 Å². The SMILES string of the molecule is O=C(O)/C=C/C(=O)Oc1ccc(C2(c3ccc(OC(=O)/C=C/C(=O)O)c(OC(=O)/C=C/C(=O)O)c3)c3ccccc3-c3ccccc32)cc1OC(=O)/C=C/C(=O)O. The third-order valence-corrected chi connectivity index (χ3v) is 8.00. The van der Waals surface area contributed by atoms with Crippen LogP contribution in [0.3, 0.4) is 0 Å². The highest BCUT2D eigenvalue weighted by atomic mass is 16.6. The van der Waals surface area contributed by atoms with Crippen LogP contribution in [0.4, 0.5) is 0 Å². The van der Waals surface area contributed by atoms with Crippen molar-refractivity contribution in [2.45, 2.75) is 5.41 Å². The van der Waals surface area contributed by atoms with Gasteiger partial charge in [-0.05, 0) is 57.6 Å². The molecule has 0 saturated carbocycles. The second-order valence-corrected chi connectivity index (χ2v) is 11.5. The van der Waals surface area contributed by atoms with Crippen molar-refractivity contribution in [2.24, 2.45) is 0 Å². The summed E-state index contributed by atoms with van der Waals surface area (Å²) in [4.78, 5) is 95.0. The maximum absolute atomic E-state index is 12.8. The molecule has 4 aromatic carbocycles. The van der Waals surface area contributed by atoms with Gasteiger partial charge in [0, 0.05) is 48.6 Å². The lowest BCUT2D eigenvalue weighted by molar-refractivity contribution is -0.133. The second-order valence-electron chi connectivity index (χ2n) is 11.5. The molecule has 57 heavy (non-hydrogen) atoms. The van der Waals surface area contributed by atoms with Gasteiger partial charge in [-0.1, -0.05) is 60.7 Å². The molecule has 4 N–H and O–H groups in total. The van der Waals surface area contributed by atoms with Crippen molar-refractivity contribution < 1.29 is 77.7 Å². The third kappa shape index (κ3) is 9.22. The Balaban J connectivity index is 1.79. The van der Waals surface area contributed by atoms with Crippen LogP contribution in [0.25, 0.3) is 11.1 Å². The van der Waals surface area contributed by atoms with Crippen molar-refractivity contribution in [2.75, 3.05) is 0 Å². The van der Waals surface area contributed by atoms with Crippen LogP contribution in [0.2, 0.25) is 0 Å². The minimum Gasteiger partial charge on any atom is -0.478 e. The van der Waals surface area contributed by atoms with E-state index in [-0.39, 0.29) is 11.5 Å². The maximum atomic E-state index is 12.8. The number of hydrogen-bond donors (Lipinski definition) is 4. The van der Waals surface area contributed by atoms with E-state index in [0.717, 1.165) is 11.1 Å². The number of carbonyl (C=O) groups excluding carboxylic acids is 4. The summed E-state index contributed by atoms with van der Waals surface area (Å²) in [6.07, 6.45) is 4.49. The zero-order chi connectivity index (χ0) is 41.3. The Hall–Kier alpha value is -8.40. The van der Waals surface area contributed by atoms with Gasteiger partial charge in [0.25, 0.3) is 0 Å². The molecule has 0 saturated heterocycles. The van der Waals surface area contributed by atoms with Gasteiger partial charge in [0.05, 0.1) is 5.41 Å². The number of rotatable bonds is 14. The Bertz CT molecular complexity index is 2300. The van der Waals surface area contributed by atoms with Crippen molar-refractivity contribution in [3.8, 4) is 34.1 Å². The summed E-state index contributed by atoms with van der Waals surface area (Å²) in [7, 11) is 0. The number of ether oxygens (including phenoxy) is 4. The summed E-state index contributed by atoms with van der Waals surface area (Å²) in [5, 5.41) is 36.0. The van der Waals surface area contributed by atoms with E-state index in [9.17, 15) is 38.4 Å². The maximum Gasteiger partial charge on any atom is 0.336 e. The topological polar surface area (TPSA) is 254 Å². The van der Waals surface area contributed by atoms with Gasteiger partial charge in [0.15, 0.2) is 23.0 Å². The Labute approximate surface area is 320 Å². The van der Waals surface area contributed by atoms with Gasteiger partial charge in [-0.15, -0.1) is 0 Å². The van der Waals surface area contributed by atoms with Crippen LogP contribution in [-0.4, -0.2) is 68.2 Å². The highest BCUT2D eigenvalue weighted by Crippen LogP contribution is 2.57. The summed E-state index contributed by atoms with van der Waals surface area (Å²) in [5.41, 5.74) is 1.85. The van der Waals surface area contributed by atoms with Crippen molar-refractivity contribution >= 4 is 47.8 Å². The minimum atomic E-state index is -1.47. The number of fused-ring (bicyclic) bond motifs is 3. The van der Waals surface area contributed by atoms with E-state index < -0.39 is 64.7 Å². The van der Waals surface area contributed by atoms with Gasteiger partial charge in [-0.2, -0.15) is 0 Å². The average molecular weight is 775 g/mol. The zero-order valence-electron chi connectivity index (χ0n) is 28.9. The second kappa shape index (κ2) is 17.2. The number of carbonyl (C=O) groups is 8. The summed E-state index contributed by atoms with van der Waals surface area (Å²) >= 11 is 0. The molecule has 0 bridgehead atoms. The van der Waals surface area contributed by atoms with Gasteiger partial charge >= 0.3 is 47.8 Å². The Kier molecular flexibility index (Phi) is 12.0. The fourth-order valence-electron chi connectivity index (χ4n) is 5.96. The first kappa shape index (κ1) is 39.8. The lowest BCUT2D eigenvalue weighted by Crippen LogP contribution is -2.29. The zero-order valence-corrected chi connectivity index (χ0v) is 28.9. The van der Waals surface area contributed by atoms with Gasteiger partial charge < -0.3 is 39.4 Å². The molecule has 0 atom stereocenters. The van der Waals surface area contributed by atoms with E-state index in [1.54, 1.807) is 36.4 Å². The van der Waals surface area contributed by atoms with Crippen LogP contribution in [0.1, 0.15) is 22.3 Å². The van der Waals surface area contributed by atoms with Gasteiger partial charge in [0.2, 0.25) is 0 Å². The molecule has 286 valence electrons. The molecule has 0 radical (unpaired) electrons. The third-order valence-electron chi connectivity index (χ3n) is 8.00. The van der Waals surface area contributed by atoms with Crippen molar-refractivity contribution in [1.82, 2.24) is 0 Å². The molecule has 0 aromatic heterocycles. The van der Waals surface area contributed by atoms with Crippen LogP contribution in [0, 0.1) is 0 Å². The van der Waals surface area contributed by atoms with Crippen LogP contribution < -0.4 is 18.9 Å². The van der Waals surface area contributed by atoms with Gasteiger partial charge in [-0.3, -0.25) is 0 Å². The minimum absolute atomic E-state index is 0.308. The van der Waals surface area contributed by atoms with Crippen LogP contribution in [0.15, 0.2) is 134 Å². The van der Waals surface area contributed by atoms with Crippen molar-refractivity contribution in [3.63, 3.8) is 0 Å². The first-order chi connectivity index (χ1) is 27.2. The molecule has 1 aliphatic rings. The molecule has 1 aliphatic carbocycles. The number of carboxylic acids is 4. The number of esters is 4. The van der Waals surface area contributed by atoms with Crippen LogP contribution >= 0.6 is 0 Å². The highest BCUT2D eigenvalue weighted by Gasteiger charge is 2.47. The molecular weight excluding hydrogens is 748 g/mol. The largest absolute Gasteiger partial charge is 0.478 e. The molecule has 0 aliphatic heterocycles. The van der Waals surface area contributed by atoms with E-state index in [2.05, 4.69) is 0 Å². The molecule has 0 amide bonds. The fourth-order valence-corrected chi connectivity index (χ4v) is 5.96. The smallest absolute Gasteiger partial charge is 0.336 e.